The molecule has 5 N–H and O–H groups in total. The summed E-state index contributed by atoms with van der Waals surface area (Å²) in [5.41, 5.74) is 3.66. The Balaban J connectivity index is 0.837. The fraction of sp³-hybridized carbons (Fsp3) is 0.372. The molecule has 320 valence electrons. The van der Waals surface area contributed by atoms with Gasteiger partial charge in [0.2, 0.25) is 33.7 Å². The van der Waals surface area contributed by atoms with Crippen molar-refractivity contribution < 1.29 is 32.4 Å². The van der Waals surface area contributed by atoms with E-state index in [0.717, 1.165) is 28.3 Å². The van der Waals surface area contributed by atoms with Crippen LogP contribution < -0.4 is 30.9 Å². The van der Waals surface area contributed by atoms with Crippen molar-refractivity contribution in [3.63, 3.8) is 0 Å². The lowest BCUT2D eigenvalue weighted by Crippen LogP contribution is -2.54. The average molecular weight is 851 g/mol. The van der Waals surface area contributed by atoms with Crippen molar-refractivity contribution >= 4 is 74.1 Å². The zero-order valence-electron chi connectivity index (χ0n) is 34.6. The Morgan fingerprint density at radius 2 is 1.57 bits per heavy atom. The number of rotatable bonds is 14. The first-order valence-electron chi connectivity index (χ1n) is 20.3. The highest BCUT2D eigenvalue weighted by Gasteiger charge is 2.44. The second-order valence-corrected chi connectivity index (χ2v) is 18.0. The highest BCUT2D eigenvalue weighted by molar-refractivity contribution is 7.89. The van der Waals surface area contributed by atoms with E-state index in [1.165, 1.54) is 0 Å². The number of fused-ring (bicyclic) bond motifs is 1. The summed E-state index contributed by atoms with van der Waals surface area (Å²) in [7, 11) is -3.72. The minimum atomic E-state index is -3.72. The largest absolute Gasteiger partial charge is 0.385 e. The Morgan fingerprint density at radius 1 is 0.852 bits per heavy atom. The van der Waals surface area contributed by atoms with Crippen LogP contribution in [-0.2, 0) is 24.4 Å². The fourth-order valence-electron chi connectivity index (χ4n) is 7.44. The van der Waals surface area contributed by atoms with E-state index < -0.39 is 45.2 Å². The molecule has 4 heterocycles. The summed E-state index contributed by atoms with van der Waals surface area (Å²) < 4.78 is 28.5. The fourth-order valence-corrected chi connectivity index (χ4v) is 8.90. The van der Waals surface area contributed by atoms with Crippen LogP contribution in [0.5, 0.6) is 0 Å². The van der Waals surface area contributed by atoms with Crippen LogP contribution >= 0.6 is 0 Å². The normalized spacial score (nSPS) is 17.0. The average Bonchev–Trinajstić information content (AvgIpc) is 3.46. The smallest absolute Gasteiger partial charge is 0.262 e. The molecule has 17 nitrogen and oxygen atoms in total. The van der Waals surface area contributed by atoms with Gasteiger partial charge in [0.25, 0.3) is 11.8 Å². The van der Waals surface area contributed by atoms with Gasteiger partial charge in [0.1, 0.15) is 11.9 Å². The summed E-state index contributed by atoms with van der Waals surface area (Å²) in [6.07, 6.45) is 3.68. The van der Waals surface area contributed by atoms with E-state index in [9.17, 15) is 32.4 Å². The molecule has 18 heteroatoms. The second-order valence-electron chi connectivity index (χ2n) is 16.4. The number of benzene rings is 3. The van der Waals surface area contributed by atoms with Crippen molar-refractivity contribution in [3.8, 4) is 0 Å². The molecule has 0 spiro atoms. The van der Waals surface area contributed by atoms with E-state index in [1.54, 1.807) is 69.4 Å². The summed E-state index contributed by atoms with van der Waals surface area (Å²) in [5.74, 6) is -1.14. The number of imide groups is 2. The quantitative estimate of drug-likeness (QED) is 0.0862. The molecule has 3 aromatic carbocycles. The molecule has 5 amide bonds. The number of sulfonamides is 1. The third-order valence-electron chi connectivity index (χ3n) is 10.5. The number of unbranched alkanes of at least 4 members (excludes halogenated alkanes) is 1. The minimum Gasteiger partial charge on any atom is -0.385 e. The van der Waals surface area contributed by atoms with Gasteiger partial charge in [0.15, 0.2) is 0 Å². The number of nitrogens with one attached hydrogen (secondary N) is 5. The van der Waals surface area contributed by atoms with Gasteiger partial charge in [-0.15, -0.1) is 0 Å². The van der Waals surface area contributed by atoms with Crippen molar-refractivity contribution in [3.05, 3.63) is 89.6 Å². The Bertz CT molecular complexity index is 2460. The van der Waals surface area contributed by atoms with Gasteiger partial charge in [-0.25, -0.2) is 18.1 Å². The number of hydrogen-bond acceptors (Lipinski definition) is 13. The maximum absolute atomic E-state index is 13.1. The molecule has 0 radical (unpaired) electrons. The standard InChI is InChI=1S/C43H50N10O7S/c1-27-26-45-42(49-38(27)46-30-8-7-9-32(24-30)61(59,60)50-43(2,3)4)47-28-11-14-31(15-12-28)51-20-22-52(23-21-51)37(55)10-5-6-19-44-29-13-16-33-34(25-29)41(58)53(40(33)57)35-17-18-36(54)48-39(35)56/h7-9,11-16,24-26,35,44,50H,5-6,10,17-23H2,1-4H3,(H,48,54,56)(H2,45,46,47,49). The predicted octanol–water partition coefficient (Wildman–Crippen LogP) is 4.68. The van der Waals surface area contributed by atoms with E-state index in [0.29, 0.717) is 68.7 Å². The maximum Gasteiger partial charge on any atom is 0.262 e. The molecule has 1 atom stereocenters. The van der Waals surface area contributed by atoms with Crippen LogP contribution in [0.25, 0.3) is 0 Å². The monoisotopic (exact) mass is 850 g/mol. The van der Waals surface area contributed by atoms with Gasteiger partial charge < -0.3 is 25.8 Å². The van der Waals surface area contributed by atoms with Crippen LogP contribution in [0.2, 0.25) is 0 Å². The number of hydrogen-bond donors (Lipinski definition) is 5. The van der Waals surface area contributed by atoms with Crippen molar-refractivity contribution in [1.82, 2.24) is 29.8 Å². The molecule has 2 saturated heterocycles. The highest BCUT2D eigenvalue weighted by atomic mass is 32.2. The summed E-state index contributed by atoms with van der Waals surface area (Å²) in [5, 5.41) is 11.9. The summed E-state index contributed by atoms with van der Waals surface area (Å²) in [6.45, 7) is 10.4. The minimum absolute atomic E-state index is 0.0620. The van der Waals surface area contributed by atoms with Gasteiger partial charge in [-0.1, -0.05) is 6.07 Å². The zero-order valence-corrected chi connectivity index (χ0v) is 35.4. The van der Waals surface area contributed by atoms with E-state index in [2.05, 4.69) is 40.9 Å². The second kappa shape index (κ2) is 17.7. The van der Waals surface area contributed by atoms with Gasteiger partial charge in [-0.2, -0.15) is 4.98 Å². The van der Waals surface area contributed by atoms with Crippen molar-refractivity contribution in [2.24, 2.45) is 0 Å². The highest BCUT2D eigenvalue weighted by Crippen LogP contribution is 2.30. The summed E-state index contributed by atoms with van der Waals surface area (Å²) in [6, 6.07) is 18.4. The van der Waals surface area contributed by atoms with Gasteiger partial charge in [0.05, 0.1) is 16.0 Å². The van der Waals surface area contributed by atoms with Crippen LogP contribution in [0, 0.1) is 6.92 Å². The molecule has 61 heavy (non-hydrogen) atoms. The molecule has 3 aliphatic heterocycles. The van der Waals surface area contributed by atoms with Crippen LogP contribution in [0.15, 0.2) is 77.8 Å². The first-order chi connectivity index (χ1) is 29.0. The van der Waals surface area contributed by atoms with Crippen LogP contribution in [0.4, 0.5) is 34.5 Å². The van der Waals surface area contributed by atoms with E-state index in [-0.39, 0.29) is 34.8 Å². The lowest BCUT2D eigenvalue weighted by molar-refractivity contribution is -0.136. The number of carbonyl (C=O) groups excluding carboxylic acids is 5. The summed E-state index contributed by atoms with van der Waals surface area (Å²) in [4.78, 5) is 77.3. The molecule has 0 saturated carbocycles. The number of aryl methyl sites for hydroxylation is 1. The van der Waals surface area contributed by atoms with E-state index in [1.807, 2.05) is 36.1 Å². The molecule has 1 unspecified atom stereocenters. The van der Waals surface area contributed by atoms with Crippen molar-refractivity contribution in [2.45, 2.75) is 76.3 Å². The number of carbonyl (C=O) groups is 5. The number of aromatic nitrogens is 2. The van der Waals surface area contributed by atoms with E-state index >= 15 is 0 Å². The molecule has 0 bridgehead atoms. The molecule has 2 fully saturated rings. The molecule has 7 rings (SSSR count). The summed E-state index contributed by atoms with van der Waals surface area (Å²) >= 11 is 0. The Hall–Kier alpha value is -6.40. The molecular weight excluding hydrogens is 801 g/mol. The predicted molar refractivity (Wildman–Crippen MR) is 231 cm³/mol. The molecule has 4 aromatic rings. The van der Waals surface area contributed by atoms with E-state index in [4.69, 9.17) is 0 Å². The topological polar surface area (TPSA) is 215 Å². The Kier molecular flexibility index (Phi) is 12.4. The van der Waals surface area contributed by atoms with Crippen molar-refractivity contribution in [1.29, 1.82) is 0 Å². The first-order valence-corrected chi connectivity index (χ1v) is 21.8. The van der Waals surface area contributed by atoms with Crippen LogP contribution in [0.3, 0.4) is 0 Å². The van der Waals surface area contributed by atoms with Crippen LogP contribution in [0.1, 0.15) is 79.2 Å². The lowest BCUT2D eigenvalue weighted by atomic mass is 10.0. The van der Waals surface area contributed by atoms with Gasteiger partial charge in [-0.3, -0.25) is 34.2 Å². The van der Waals surface area contributed by atoms with Crippen molar-refractivity contribution in [2.75, 3.05) is 53.6 Å². The number of anilines is 6. The Morgan fingerprint density at radius 3 is 2.30 bits per heavy atom. The molecular formula is C43H50N10O7S. The number of nitrogens with zero attached hydrogens (tertiary/aromatic N) is 5. The van der Waals surface area contributed by atoms with Gasteiger partial charge in [0, 0.05) is 85.6 Å². The Labute approximate surface area is 354 Å². The van der Waals surface area contributed by atoms with Gasteiger partial charge in [-0.05, 0) is 108 Å². The molecule has 1 aromatic heterocycles. The third kappa shape index (κ3) is 10.1. The molecule has 3 aliphatic rings. The maximum atomic E-state index is 13.1. The first kappa shape index (κ1) is 42.7. The zero-order chi connectivity index (χ0) is 43.5. The lowest BCUT2D eigenvalue weighted by Gasteiger charge is -2.36. The van der Waals surface area contributed by atoms with Gasteiger partial charge >= 0.3 is 0 Å². The van der Waals surface area contributed by atoms with Crippen LogP contribution in [-0.4, -0.2) is 102 Å². The number of amides is 5. The number of piperidine rings is 1. The number of piperazine rings is 1. The SMILES string of the molecule is Cc1cnc(Nc2ccc(N3CCN(C(=O)CCCCNc4ccc5c(c4)C(=O)N(C4CCC(=O)NC4=O)C5=O)CC3)cc2)nc1Nc1cccc(S(=O)(=O)NC(C)(C)C)c1. The molecule has 0 aliphatic carbocycles. The third-order valence-corrected chi connectivity index (χ3v) is 12.3.